The SMILES string of the molecule is CC(NC(=O)C1(N(C)C)CCC1)c1noc(-c2ccccc2)n1. The molecule has 1 N–H and O–H groups in total. The van der Waals surface area contributed by atoms with Crippen LogP contribution < -0.4 is 5.32 Å². The minimum Gasteiger partial charge on any atom is -0.345 e. The van der Waals surface area contributed by atoms with Gasteiger partial charge in [-0.2, -0.15) is 4.98 Å². The number of hydrogen-bond acceptors (Lipinski definition) is 5. The molecule has 0 saturated heterocycles. The molecule has 23 heavy (non-hydrogen) atoms. The highest BCUT2D eigenvalue weighted by atomic mass is 16.5. The lowest BCUT2D eigenvalue weighted by Crippen LogP contribution is -2.60. The van der Waals surface area contributed by atoms with E-state index in [2.05, 4.69) is 15.5 Å². The van der Waals surface area contributed by atoms with Gasteiger partial charge in [-0.1, -0.05) is 23.4 Å². The van der Waals surface area contributed by atoms with Gasteiger partial charge < -0.3 is 9.84 Å². The summed E-state index contributed by atoms with van der Waals surface area (Å²) >= 11 is 0. The van der Waals surface area contributed by atoms with E-state index in [1.807, 2.05) is 56.3 Å². The lowest BCUT2D eigenvalue weighted by molar-refractivity contribution is -0.138. The Labute approximate surface area is 135 Å². The Hall–Kier alpha value is -2.21. The van der Waals surface area contributed by atoms with Crippen molar-refractivity contribution in [1.29, 1.82) is 0 Å². The zero-order valence-electron chi connectivity index (χ0n) is 13.7. The number of nitrogens with zero attached hydrogens (tertiary/aromatic N) is 3. The number of amides is 1. The van der Waals surface area contributed by atoms with Crippen LogP contribution in [0.5, 0.6) is 0 Å². The molecule has 1 saturated carbocycles. The van der Waals surface area contributed by atoms with E-state index < -0.39 is 0 Å². The molecule has 0 spiro atoms. The third-order valence-corrected chi connectivity index (χ3v) is 4.66. The molecule has 122 valence electrons. The van der Waals surface area contributed by atoms with Crippen LogP contribution in [0.1, 0.15) is 38.1 Å². The van der Waals surface area contributed by atoms with Crippen molar-refractivity contribution in [3.63, 3.8) is 0 Å². The van der Waals surface area contributed by atoms with E-state index in [1.165, 1.54) is 0 Å². The highest BCUT2D eigenvalue weighted by Gasteiger charge is 2.46. The lowest BCUT2D eigenvalue weighted by atomic mass is 9.75. The highest BCUT2D eigenvalue weighted by molar-refractivity contribution is 5.87. The molecule has 6 nitrogen and oxygen atoms in total. The molecule has 1 aromatic carbocycles. The van der Waals surface area contributed by atoms with Crippen LogP contribution in [0, 0.1) is 0 Å². The third-order valence-electron chi connectivity index (χ3n) is 4.66. The fraction of sp³-hybridized carbons (Fsp3) is 0.471. The fourth-order valence-electron chi connectivity index (χ4n) is 2.89. The second-order valence-electron chi connectivity index (χ2n) is 6.30. The summed E-state index contributed by atoms with van der Waals surface area (Å²) in [6.45, 7) is 1.87. The first kappa shape index (κ1) is 15.7. The average molecular weight is 314 g/mol. The molecular weight excluding hydrogens is 292 g/mol. The molecule has 1 amide bonds. The van der Waals surface area contributed by atoms with Gasteiger partial charge in [-0.25, -0.2) is 0 Å². The van der Waals surface area contributed by atoms with Gasteiger partial charge in [0.05, 0.1) is 11.6 Å². The quantitative estimate of drug-likeness (QED) is 0.917. The van der Waals surface area contributed by atoms with Gasteiger partial charge in [-0.05, 0) is 52.4 Å². The number of likely N-dealkylation sites (N-methyl/N-ethyl adjacent to an activating group) is 1. The average Bonchev–Trinajstić information content (AvgIpc) is 2.96. The molecule has 1 unspecified atom stereocenters. The van der Waals surface area contributed by atoms with Crippen LogP contribution in [0.15, 0.2) is 34.9 Å². The summed E-state index contributed by atoms with van der Waals surface area (Å²) in [4.78, 5) is 19.0. The maximum Gasteiger partial charge on any atom is 0.257 e. The standard InChI is InChI=1S/C17H22N4O2/c1-12(18-16(22)17(21(2)3)10-7-11-17)14-19-15(23-20-14)13-8-5-4-6-9-13/h4-6,8-9,12H,7,10-11H2,1-3H3,(H,18,22). The van der Waals surface area contributed by atoms with Crippen molar-refractivity contribution < 1.29 is 9.32 Å². The molecule has 1 aliphatic rings. The number of nitrogens with one attached hydrogen (secondary N) is 1. The Bertz CT molecular complexity index is 677. The predicted molar refractivity (Wildman–Crippen MR) is 86.6 cm³/mol. The first-order valence-corrected chi connectivity index (χ1v) is 7.90. The van der Waals surface area contributed by atoms with Crippen molar-refractivity contribution in [3.8, 4) is 11.5 Å². The van der Waals surface area contributed by atoms with Gasteiger partial charge in [0.25, 0.3) is 5.89 Å². The molecule has 1 fully saturated rings. The maximum absolute atomic E-state index is 12.6. The van der Waals surface area contributed by atoms with Crippen molar-refractivity contribution in [2.45, 2.75) is 37.8 Å². The summed E-state index contributed by atoms with van der Waals surface area (Å²) in [5.74, 6) is 0.991. The van der Waals surface area contributed by atoms with E-state index >= 15 is 0 Å². The van der Waals surface area contributed by atoms with Gasteiger partial charge in [0.1, 0.15) is 0 Å². The zero-order chi connectivity index (χ0) is 16.4. The van der Waals surface area contributed by atoms with E-state index in [-0.39, 0.29) is 17.5 Å². The van der Waals surface area contributed by atoms with E-state index in [9.17, 15) is 4.79 Å². The molecule has 3 rings (SSSR count). The minimum absolute atomic E-state index is 0.0345. The Morgan fingerprint density at radius 3 is 2.57 bits per heavy atom. The first-order valence-electron chi connectivity index (χ1n) is 7.90. The third kappa shape index (κ3) is 2.86. The normalized spacial score (nSPS) is 17.6. The molecule has 1 heterocycles. The minimum atomic E-state index is -0.389. The molecular formula is C17H22N4O2. The monoisotopic (exact) mass is 314 g/mol. The van der Waals surface area contributed by atoms with Gasteiger partial charge in [-0.15, -0.1) is 0 Å². The summed E-state index contributed by atoms with van der Waals surface area (Å²) in [6.07, 6.45) is 2.86. The predicted octanol–water partition coefficient (Wildman–Crippen LogP) is 2.40. The Balaban J connectivity index is 1.71. The van der Waals surface area contributed by atoms with Gasteiger partial charge >= 0.3 is 0 Å². The van der Waals surface area contributed by atoms with Crippen LogP contribution in [0.4, 0.5) is 0 Å². The molecule has 1 aliphatic carbocycles. The topological polar surface area (TPSA) is 71.3 Å². The van der Waals surface area contributed by atoms with Crippen LogP contribution in [0.25, 0.3) is 11.5 Å². The van der Waals surface area contributed by atoms with Crippen LogP contribution in [-0.4, -0.2) is 40.6 Å². The van der Waals surface area contributed by atoms with Crippen molar-refractivity contribution in [1.82, 2.24) is 20.4 Å². The molecule has 0 bridgehead atoms. The van der Waals surface area contributed by atoms with Gasteiger partial charge in [0.15, 0.2) is 5.82 Å². The summed E-state index contributed by atoms with van der Waals surface area (Å²) < 4.78 is 5.30. The Kier molecular flexibility index (Phi) is 4.17. The molecule has 1 aromatic heterocycles. The van der Waals surface area contributed by atoms with Crippen molar-refractivity contribution >= 4 is 5.91 Å². The lowest BCUT2D eigenvalue weighted by Gasteiger charge is -2.45. The van der Waals surface area contributed by atoms with E-state index in [0.29, 0.717) is 11.7 Å². The number of hydrogen-bond donors (Lipinski definition) is 1. The Morgan fingerprint density at radius 1 is 1.30 bits per heavy atom. The van der Waals surface area contributed by atoms with Crippen molar-refractivity contribution in [2.75, 3.05) is 14.1 Å². The number of aromatic nitrogens is 2. The molecule has 6 heteroatoms. The van der Waals surface area contributed by atoms with E-state index in [1.54, 1.807) is 0 Å². The van der Waals surface area contributed by atoms with Crippen LogP contribution in [-0.2, 0) is 4.79 Å². The number of carbonyl (C=O) groups excluding carboxylic acids is 1. The van der Waals surface area contributed by atoms with Crippen molar-refractivity contribution in [2.24, 2.45) is 0 Å². The molecule has 2 aromatic rings. The largest absolute Gasteiger partial charge is 0.345 e. The van der Waals surface area contributed by atoms with Crippen molar-refractivity contribution in [3.05, 3.63) is 36.2 Å². The number of rotatable bonds is 5. The van der Waals surface area contributed by atoms with E-state index in [0.717, 1.165) is 24.8 Å². The Morgan fingerprint density at radius 2 is 2.00 bits per heavy atom. The summed E-state index contributed by atoms with van der Waals surface area (Å²) in [6, 6.07) is 9.31. The van der Waals surface area contributed by atoms with Crippen LogP contribution in [0.3, 0.4) is 0 Å². The summed E-state index contributed by atoms with van der Waals surface area (Å²) in [5.41, 5.74) is 0.480. The smallest absolute Gasteiger partial charge is 0.257 e. The maximum atomic E-state index is 12.6. The second kappa shape index (κ2) is 6.12. The molecule has 0 aliphatic heterocycles. The van der Waals surface area contributed by atoms with Gasteiger partial charge in [-0.3, -0.25) is 9.69 Å². The summed E-state index contributed by atoms with van der Waals surface area (Å²) in [5, 5.41) is 7.02. The second-order valence-corrected chi connectivity index (χ2v) is 6.30. The van der Waals surface area contributed by atoms with Gasteiger partial charge in [0.2, 0.25) is 5.91 Å². The van der Waals surface area contributed by atoms with Crippen LogP contribution >= 0.6 is 0 Å². The summed E-state index contributed by atoms with van der Waals surface area (Å²) in [7, 11) is 3.90. The molecule has 1 atom stereocenters. The zero-order valence-corrected chi connectivity index (χ0v) is 13.7. The molecule has 0 radical (unpaired) electrons. The van der Waals surface area contributed by atoms with E-state index in [4.69, 9.17) is 4.52 Å². The fourth-order valence-corrected chi connectivity index (χ4v) is 2.89. The number of benzene rings is 1. The van der Waals surface area contributed by atoms with Gasteiger partial charge in [0, 0.05) is 5.56 Å². The highest BCUT2D eigenvalue weighted by Crippen LogP contribution is 2.36. The first-order chi connectivity index (χ1) is 11.0. The number of carbonyl (C=O) groups is 1. The van der Waals surface area contributed by atoms with Crippen LogP contribution in [0.2, 0.25) is 0 Å².